The minimum atomic E-state index is -0.670. The van der Waals surface area contributed by atoms with Crippen molar-refractivity contribution in [2.24, 2.45) is 0 Å². The zero-order valence-corrected chi connectivity index (χ0v) is 14.7. The van der Waals surface area contributed by atoms with Crippen molar-refractivity contribution in [2.45, 2.75) is 13.0 Å². The summed E-state index contributed by atoms with van der Waals surface area (Å²) in [5.74, 6) is -1.21. The van der Waals surface area contributed by atoms with Gasteiger partial charge in [0.15, 0.2) is 0 Å². The molecular formula is C21H18N4O2. The highest BCUT2D eigenvalue weighted by molar-refractivity contribution is 6.48. The maximum absolute atomic E-state index is 13.0. The van der Waals surface area contributed by atoms with Crippen molar-refractivity contribution in [1.82, 2.24) is 9.88 Å². The van der Waals surface area contributed by atoms with E-state index in [2.05, 4.69) is 15.2 Å². The highest BCUT2D eigenvalue weighted by Gasteiger charge is 2.27. The highest BCUT2D eigenvalue weighted by Crippen LogP contribution is 2.28. The Morgan fingerprint density at radius 2 is 1.85 bits per heavy atom. The van der Waals surface area contributed by atoms with Crippen molar-refractivity contribution in [2.75, 3.05) is 18.4 Å². The monoisotopic (exact) mass is 358 g/mol. The summed E-state index contributed by atoms with van der Waals surface area (Å²) in [6.07, 6.45) is 0.694. The van der Waals surface area contributed by atoms with Gasteiger partial charge in [0.25, 0.3) is 11.7 Å². The molecule has 0 unspecified atom stereocenters. The number of Topliss-reactive ketones (excluding diaryl/α,β-unsaturated/α-hetero) is 1. The van der Waals surface area contributed by atoms with Gasteiger partial charge in [-0.2, -0.15) is 5.26 Å². The molecule has 0 atom stereocenters. The summed E-state index contributed by atoms with van der Waals surface area (Å²) < 4.78 is 2.14. The minimum absolute atomic E-state index is 0.487. The maximum Gasteiger partial charge on any atom is 0.296 e. The van der Waals surface area contributed by atoms with Gasteiger partial charge in [0.1, 0.15) is 0 Å². The van der Waals surface area contributed by atoms with Crippen LogP contribution in [0.2, 0.25) is 0 Å². The Labute approximate surface area is 156 Å². The number of hydrogen-bond donors (Lipinski definition) is 2. The molecule has 0 radical (unpaired) electrons. The van der Waals surface area contributed by atoms with Crippen LogP contribution in [0.5, 0.6) is 0 Å². The first-order valence-electron chi connectivity index (χ1n) is 8.85. The normalized spacial score (nSPS) is 13.4. The van der Waals surface area contributed by atoms with Crippen molar-refractivity contribution in [1.29, 1.82) is 5.26 Å². The Bertz CT molecular complexity index is 1070. The fraction of sp³-hybridized carbons (Fsp3) is 0.190. The van der Waals surface area contributed by atoms with Gasteiger partial charge in [-0.3, -0.25) is 9.59 Å². The molecule has 1 aliphatic rings. The minimum Gasteiger partial charge on any atom is -0.343 e. The quantitative estimate of drug-likeness (QED) is 0.556. The van der Waals surface area contributed by atoms with E-state index >= 15 is 0 Å². The molecule has 0 fully saturated rings. The lowest BCUT2D eigenvalue weighted by Crippen LogP contribution is -2.24. The van der Waals surface area contributed by atoms with Crippen LogP contribution in [0, 0.1) is 11.3 Å². The average Bonchev–Trinajstić information content (AvgIpc) is 2.84. The Hall–Kier alpha value is -3.43. The van der Waals surface area contributed by atoms with Crippen LogP contribution in [0.4, 0.5) is 5.69 Å². The topological polar surface area (TPSA) is 86.9 Å². The third-order valence-electron chi connectivity index (χ3n) is 4.83. The van der Waals surface area contributed by atoms with Gasteiger partial charge in [0.05, 0.1) is 17.2 Å². The van der Waals surface area contributed by atoms with Crippen molar-refractivity contribution in [3.63, 3.8) is 0 Å². The number of benzene rings is 2. The zero-order valence-electron chi connectivity index (χ0n) is 14.7. The van der Waals surface area contributed by atoms with Gasteiger partial charge < -0.3 is 15.2 Å². The Kier molecular flexibility index (Phi) is 4.45. The van der Waals surface area contributed by atoms with Crippen molar-refractivity contribution >= 4 is 28.3 Å². The fourth-order valence-electron chi connectivity index (χ4n) is 3.58. The zero-order chi connectivity index (χ0) is 18.8. The number of hydrogen-bond acceptors (Lipinski definition) is 4. The molecule has 1 amide bonds. The van der Waals surface area contributed by atoms with Crippen LogP contribution in [0.1, 0.15) is 21.6 Å². The molecule has 2 N–H and O–H groups in total. The van der Waals surface area contributed by atoms with Crippen LogP contribution in [-0.2, 0) is 17.8 Å². The predicted octanol–water partition coefficient (Wildman–Crippen LogP) is 2.48. The summed E-state index contributed by atoms with van der Waals surface area (Å²) in [5.41, 5.74) is 3.35. The number of carbonyl (C=O) groups is 2. The number of nitrogens with zero attached hydrogens (tertiary/aromatic N) is 2. The Morgan fingerprint density at radius 1 is 1.07 bits per heavy atom. The van der Waals surface area contributed by atoms with Crippen molar-refractivity contribution in [3.05, 3.63) is 65.4 Å². The summed E-state index contributed by atoms with van der Waals surface area (Å²) in [7, 11) is 0. The van der Waals surface area contributed by atoms with E-state index in [1.807, 2.05) is 30.3 Å². The predicted molar refractivity (Wildman–Crippen MR) is 103 cm³/mol. The molecule has 27 heavy (non-hydrogen) atoms. The molecule has 134 valence electrons. The van der Waals surface area contributed by atoms with Crippen LogP contribution in [0.15, 0.2) is 48.5 Å². The average molecular weight is 358 g/mol. The second-order valence-electron chi connectivity index (χ2n) is 6.46. The SMILES string of the molecule is N#Cc1ccc(NC(=O)C(=O)c2c3n(c4ccccc24)CCNCC3)cc1. The van der Waals surface area contributed by atoms with E-state index < -0.39 is 11.7 Å². The van der Waals surface area contributed by atoms with E-state index in [-0.39, 0.29) is 0 Å². The first-order valence-corrected chi connectivity index (χ1v) is 8.85. The second kappa shape index (κ2) is 7.06. The van der Waals surface area contributed by atoms with E-state index in [1.54, 1.807) is 24.3 Å². The lowest BCUT2D eigenvalue weighted by Gasteiger charge is -2.08. The number of amides is 1. The molecule has 0 saturated carbocycles. The standard InChI is InChI=1S/C21H18N4O2/c22-13-14-5-7-15(8-6-14)24-21(27)20(26)19-16-3-1-2-4-17(16)25-12-11-23-10-9-18(19)25/h1-8,23H,9-12H2,(H,24,27). The lowest BCUT2D eigenvalue weighted by atomic mass is 10.0. The lowest BCUT2D eigenvalue weighted by molar-refractivity contribution is -0.112. The molecule has 0 saturated heterocycles. The third-order valence-corrected chi connectivity index (χ3v) is 4.83. The molecule has 4 rings (SSSR count). The van der Waals surface area contributed by atoms with E-state index in [9.17, 15) is 9.59 Å². The van der Waals surface area contributed by atoms with Gasteiger partial charge >= 0.3 is 0 Å². The fourth-order valence-corrected chi connectivity index (χ4v) is 3.58. The summed E-state index contributed by atoms with van der Waals surface area (Å²) in [5, 5.41) is 15.7. The molecule has 2 aromatic carbocycles. The number of para-hydroxylation sites is 1. The molecule has 1 aliphatic heterocycles. The van der Waals surface area contributed by atoms with Crippen LogP contribution >= 0.6 is 0 Å². The molecule has 6 heteroatoms. The number of nitriles is 1. The molecule has 0 bridgehead atoms. The van der Waals surface area contributed by atoms with Gasteiger partial charge in [-0.15, -0.1) is 0 Å². The van der Waals surface area contributed by atoms with E-state index in [4.69, 9.17) is 5.26 Å². The van der Waals surface area contributed by atoms with Crippen LogP contribution < -0.4 is 10.6 Å². The van der Waals surface area contributed by atoms with Crippen LogP contribution in [-0.4, -0.2) is 29.3 Å². The van der Waals surface area contributed by atoms with Gasteiger partial charge in [0, 0.05) is 48.3 Å². The number of ketones is 1. The van der Waals surface area contributed by atoms with Crippen molar-refractivity contribution in [3.8, 4) is 6.07 Å². The van der Waals surface area contributed by atoms with E-state index in [0.29, 0.717) is 23.2 Å². The van der Waals surface area contributed by atoms with E-state index in [0.717, 1.165) is 36.2 Å². The third kappa shape index (κ3) is 3.09. The summed E-state index contributed by atoms with van der Waals surface area (Å²) in [6.45, 7) is 2.37. The van der Waals surface area contributed by atoms with Gasteiger partial charge in [0.2, 0.25) is 0 Å². The number of fused-ring (bicyclic) bond motifs is 3. The Morgan fingerprint density at radius 3 is 2.63 bits per heavy atom. The second-order valence-corrected chi connectivity index (χ2v) is 6.46. The molecule has 6 nitrogen and oxygen atoms in total. The number of nitrogens with one attached hydrogen (secondary N) is 2. The highest BCUT2D eigenvalue weighted by atomic mass is 16.2. The molecule has 2 heterocycles. The van der Waals surface area contributed by atoms with Crippen LogP contribution in [0.25, 0.3) is 10.9 Å². The van der Waals surface area contributed by atoms with Gasteiger partial charge in [-0.25, -0.2) is 0 Å². The van der Waals surface area contributed by atoms with Gasteiger partial charge in [-0.1, -0.05) is 18.2 Å². The van der Waals surface area contributed by atoms with Crippen molar-refractivity contribution < 1.29 is 9.59 Å². The van der Waals surface area contributed by atoms with Gasteiger partial charge in [-0.05, 0) is 30.3 Å². The number of aromatic nitrogens is 1. The largest absolute Gasteiger partial charge is 0.343 e. The molecule has 1 aromatic heterocycles. The Balaban J connectivity index is 1.70. The first-order chi connectivity index (χ1) is 13.2. The van der Waals surface area contributed by atoms with Crippen LogP contribution in [0.3, 0.4) is 0 Å². The first kappa shape index (κ1) is 17.0. The molecule has 3 aromatic rings. The summed E-state index contributed by atoms with van der Waals surface area (Å²) in [6, 6.07) is 16.2. The molecule has 0 spiro atoms. The number of carbonyl (C=O) groups excluding carboxylic acids is 2. The molecular weight excluding hydrogens is 340 g/mol. The summed E-state index contributed by atoms with van der Waals surface area (Å²) >= 11 is 0. The molecule has 0 aliphatic carbocycles. The maximum atomic E-state index is 13.0. The number of rotatable bonds is 3. The number of anilines is 1. The summed E-state index contributed by atoms with van der Waals surface area (Å²) in [4.78, 5) is 25.7. The smallest absolute Gasteiger partial charge is 0.296 e. The van der Waals surface area contributed by atoms with E-state index in [1.165, 1.54) is 0 Å².